The summed E-state index contributed by atoms with van der Waals surface area (Å²) in [5.41, 5.74) is -4.63. The van der Waals surface area contributed by atoms with E-state index < -0.39 is 51.7 Å². The first-order valence-electron chi connectivity index (χ1n) is 16.6. The molecule has 0 aromatic heterocycles. The Bertz CT molecular complexity index is 1720. The molecule has 1 saturated heterocycles. The monoisotopic (exact) mass is 662 g/mol. The van der Waals surface area contributed by atoms with E-state index in [2.05, 4.69) is 6.08 Å². The summed E-state index contributed by atoms with van der Waals surface area (Å²) in [6.07, 6.45) is 9.12. The van der Waals surface area contributed by atoms with Gasteiger partial charge in [0.25, 0.3) is 6.47 Å². The zero-order valence-electron chi connectivity index (χ0n) is 28.9. The third kappa shape index (κ3) is 4.90. The Kier molecular flexibility index (Phi) is 7.93. The number of hydrogen-bond donors (Lipinski definition) is 3. The highest BCUT2D eigenvalue weighted by Crippen LogP contribution is 2.68. The normalized spacial score (nSPS) is 31.5. The maximum atomic E-state index is 14.8. The molecular weight excluding hydrogens is 616 g/mol. The largest absolute Gasteiger partial charge is 0.506 e. The van der Waals surface area contributed by atoms with Gasteiger partial charge in [0.05, 0.1) is 22.9 Å². The second kappa shape index (κ2) is 11.1. The number of ether oxygens (including phenoxy) is 4. The summed E-state index contributed by atoms with van der Waals surface area (Å²) in [5, 5.41) is 33.9. The third-order valence-corrected chi connectivity index (χ3v) is 10.9. The molecule has 3 N–H and O–H groups in total. The van der Waals surface area contributed by atoms with Crippen molar-refractivity contribution in [2.75, 3.05) is 0 Å². The van der Waals surface area contributed by atoms with Crippen LogP contribution in [0.3, 0.4) is 0 Å². The molecule has 1 aromatic rings. The first-order valence-corrected chi connectivity index (χ1v) is 16.6. The smallest absolute Gasteiger partial charge is 0.298 e. The molecule has 7 rings (SSSR count). The number of phenols is 1. The minimum atomic E-state index is -1.66. The second-order valence-corrected chi connectivity index (χ2v) is 15.5. The predicted octanol–water partition coefficient (Wildman–Crippen LogP) is 5.45. The molecule has 1 spiro atoms. The lowest BCUT2D eigenvalue weighted by atomic mass is 9.51. The van der Waals surface area contributed by atoms with Crippen molar-refractivity contribution in [1.82, 2.24) is 0 Å². The van der Waals surface area contributed by atoms with Gasteiger partial charge in [0, 0.05) is 35.8 Å². The molecule has 10 heteroatoms. The van der Waals surface area contributed by atoms with Gasteiger partial charge in [0.2, 0.25) is 0 Å². The van der Waals surface area contributed by atoms with Crippen molar-refractivity contribution in [3.05, 3.63) is 57.9 Å². The lowest BCUT2D eigenvalue weighted by Gasteiger charge is -2.56. The Hall–Kier alpha value is -3.73. The summed E-state index contributed by atoms with van der Waals surface area (Å²) in [6.45, 7) is 14.6. The summed E-state index contributed by atoms with van der Waals surface area (Å²) in [7, 11) is 0. The number of phenolic OH excluding ortho intramolecular Hbond substituents is 1. The van der Waals surface area contributed by atoms with E-state index in [1.807, 2.05) is 40.7 Å². The van der Waals surface area contributed by atoms with Crippen molar-refractivity contribution in [2.24, 2.45) is 11.8 Å². The molecule has 3 aliphatic heterocycles. The molecule has 10 nitrogen and oxygen atoms in total. The summed E-state index contributed by atoms with van der Waals surface area (Å²) in [4.78, 5) is 40.2. The fraction of sp³-hybridized carbons (Fsp3) is 0.553. The molecule has 4 bridgehead atoms. The second-order valence-electron chi connectivity index (χ2n) is 15.5. The molecule has 6 aliphatic rings. The number of aliphatic hydroxyl groups is 2. The average molecular weight is 663 g/mol. The van der Waals surface area contributed by atoms with Crippen LogP contribution in [-0.2, 0) is 25.5 Å². The average Bonchev–Trinajstić information content (AvgIpc) is 3.14. The van der Waals surface area contributed by atoms with E-state index in [0.717, 1.165) is 6.42 Å². The van der Waals surface area contributed by atoms with Crippen molar-refractivity contribution < 1.29 is 48.7 Å². The standard InChI is InChI=1S/C38H46O10/c1-20(2)10-9-13-36(8)14-12-23-29(41)28-30(42)25-16-22-17-26-35(6,7)48-37(33(22)43,15-11-21(3)45-19-39)38(25,26)47-32(28)24(31(23)46-36)18-27(40)34(4,5)44/h10-12,14,16,19,22,26-27,40-41,44H,9,13,15,17-18H2,1-8H3/b21-11-/t22?,26?,27?,36-,37-,38+/m0/s1. The van der Waals surface area contributed by atoms with E-state index in [9.17, 15) is 29.7 Å². The number of aliphatic hydroxyl groups excluding tert-OH is 1. The number of allylic oxidation sites excluding steroid dienone is 4. The Morgan fingerprint density at radius 1 is 1.12 bits per heavy atom. The summed E-state index contributed by atoms with van der Waals surface area (Å²) >= 11 is 0. The number of aromatic hydroxyl groups is 1. The highest BCUT2D eigenvalue weighted by atomic mass is 16.6. The Labute approximate surface area is 281 Å². The number of carbonyl (C=O) groups is 3. The molecule has 1 saturated carbocycles. The highest BCUT2D eigenvalue weighted by molar-refractivity contribution is 6.19. The first-order chi connectivity index (χ1) is 22.3. The van der Waals surface area contributed by atoms with Crippen LogP contribution in [0, 0.1) is 11.8 Å². The van der Waals surface area contributed by atoms with E-state index in [1.165, 1.54) is 19.4 Å². The quantitative estimate of drug-likeness (QED) is 0.168. The van der Waals surface area contributed by atoms with Crippen LogP contribution in [0.25, 0.3) is 6.08 Å². The van der Waals surface area contributed by atoms with Gasteiger partial charge in [-0.05, 0) is 92.9 Å². The Morgan fingerprint density at radius 2 is 1.83 bits per heavy atom. The van der Waals surface area contributed by atoms with Gasteiger partial charge in [-0.3, -0.25) is 14.4 Å². The minimum absolute atomic E-state index is 0.00711. The number of fused-ring (bicyclic) bond motifs is 2. The van der Waals surface area contributed by atoms with Gasteiger partial charge in [-0.25, -0.2) is 0 Å². The molecule has 0 amide bonds. The van der Waals surface area contributed by atoms with Gasteiger partial charge in [-0.2, -0.15) is 0 Å². The van der Waals surface area contributed by atoms with Crippen molar-refractivity contribution >= 4 is 24.1 Å². The van der Waals surface area contributed by atoms with Gasteiger partial charge >= 0.3 is 0 Å². The number of carbonyl (C=O) groups excluding carboxylic acids is 3. The molecule has 3 heterocycles. The molecular formula is C38H46O10. The number of Topliss-reactive ketones (excluding diaryl/α,β-unsaturated/α-hetero) is 2. The first kappa shape index (κ1) is 34.1. The maximum Gasteiger partial charge on any atom is 0.298 e. The van der Waals surface area contributed by atoms with E-state index in [0.29, 0.717) is 24.9 Å². The van der Waals surface area contributed by atoms with Crippen LogP contribution in [0.4, 0.5) is 0 Å². The Morgan fingerprint density at radius 3 is 2.48 bits per heavy atom. The number of ketones is 2. The molecule has 258 valence electrons. The molecule has 48 heavy (non-hydrogen) atoms. The van der Waals surface area contributed by atoms with E-state index in [-0.39, 0.29) is 58.3 Å². The molecule has 1 aromatic carbocycles. The van der Waals surface area contributed by atoms with Gasteiger partial charge in [-0.1, -0.05) is 17.7 Å². The van der Waals surface area contributed by atoms with Crippen molar-refractivity contribution in [3.8, 4) is 17.2 Å². The lowest BCUT2D eigenvalue weighted by molar-refractivity contribution is -0.171. The number of rotatable bonds is 10. The summed E-state index contributed by atoms with van der Waals surface area (Å²) < 4.78 is 25.5. The number of benzene rings is 1. The molecule has 6 atom stereocenters. The topological polar surface area (TPSA) is 149 Å². The Balaban J connectivity index is 1.59. The van der Waals surface area contributed by atoms with Crippen molar-refractivity contribution in [2.45, 2.75) is 122 Å². The van der Waals surface area contributed by atoms with E-state index in [1.54, 1.807) is 25.2 Å². The van der Waals surface area contributed by atoms with Crippen LogP contribution in [0.2, 0.25) is 0 Å². The maximum absolute atomic E-state index is 14.8. The van der Waals surface area contributed by atoms with Gasteiger partial charge in [0.1, 0.15) is 34.2 Å². The molecule has 0 radical (unpaired) electrons. The number of hydrogen-bond acceptors (Lipinski definition) is 10. The summed E-state index contributed by atoms with van der Waals surface area (Å²) in [5.74, 6) is -1.65. The van der Waals surface area contributed by atoms with Crippen LogP contribution in [0.1, 0.15) is 103 Å². The van der Waals surface area contributed by atoms with Gasteiger partial charge in [-0.15, -0.1) is 0 Å². The molecule has 3 aliphatic carbocycles. The van der Waals surface area contributed by atoms with Crippen LogP contribution >= 0.6 is 0 Å². The van der Waals surface area contributed by atoms with E-state index in [4.69, 9.17) is 18.9 Å². The van der Waals surface area contributed by atoms with Gasteiger partial charge in [0.15, 0.2) is 22.8 Å². The SMILES string of the molecule is CC(C)=CCC[C@@]1(C)C=Cc2c(O)c3c(c(CC(O)C(C)(C)O)c2O1)O[C@]12C(=CC4CC1C(C)(C)O[C@@]2(C/C=C(/C)OC=O)C4=O)C3=O. The van der Waals surface area contributed by atoms with Crippen LogP contribution in [0.15, 0.2) is 41.2 Å². The summed E-state index contributed by atoms with van der Waals surface area (Å²) in [6, 6.07) is 0. The minimum Gasteiger partial charge on any atom is -0.506 e. The van der Waals surface area contributed by atoms with E-state index >= 15 is 0 Å². The highest BCUT2D eigenvalue weighted by Gasteiger charge is 2.81. The van der Waals surface area contributed by atoms with Crippen LogP contribution < -0.4 is 9.47 Å². The van der Waals surface area contributed by atoms with Crippen molar-refractivity contribution in [3.63, 3.8) is 0 Å². The molecule has 2 fully saturated rings. The van der Waals surface area contributed by atoms with Gasteiger partial charge < -0.3 is 34.3 Å². The third-order valence-electron chi connectivity index (χ3n) is 10.9. The predicted molar refractivity (Wildman–Crippen MR) is 177 cm³/mol. The zero-order chi connectivity index (χ0) is 35.2. The van der Waals surface area contributed by atoms with Crippen LogP contribution in [0.5, 0.6) is 17.2 Å². The zero-order valence-corrected chi connectivity index (χ0v) is 28.9. The fourth-order valence-corrected chi connectivity index (χ4v) is 8.34. The van der Waals surface area contributed by atoms with Crippen LogP contribution in [-0.4, -0.2) is 67.5 Å². The molecule has 3 unspecified atom stereocenters. The van der Waals surface area contributed by atoms with Crippen molar-refractivity contribution in [1.29, 1.82) is 0 Å². The lowest BCUT2D eigenvalue weighted by Crippen LogP contribution is -2.72. The fourth-order valence-electron chi connectivity index (χ4n) is 8.34.